The van der Waals surface area contributed by atoms with E-state index in [4.69, 9.17) is 0 Å². The predicted octanol–water partition coefficient (Wildman–Crippen LogP) is 1.34. The molecule has 1 saturated carbocycles. The third kappa shape index (κ3) is 3.10. The van der Waals surface area contributed by atoms with Crippen LogP contribution in [0.5, 0.6) is 0 Å². The Morgan fingerprint density at radius 3 is 2.44 bits per heavy atom. The molecule has 2 rings (SSSR count). The lowest BCUT2D eigenvalue weighted by molar-refractivity contribution is -0.130. The molecular formula is C14H24N2O2. The fraction of sp³-hybridized carbons (Fsp3) is 0.857. The van der Waals surface area contributed by atoms with Crippen molar-refractivity contribution in [2.75, 3.05) is 13.6 Å². The van der Waals surface area contributed by atoms with Crippen LogP contribution in [0.1, 0.15) is 45.4 Å². The number of Topliss-reactive ketones (excluding diaryl/α,β-unsaturated/α-hetero) is 1. The summed E-state index contributed by atoms with van der Waals surface area (Å²) in [6.45, 7) is 2.56. The molecule has 1 unspecified atom stereocenters. The normalized spacial score (nSPS) is 26.7. The summed E-state index contributed by atoms with van der Waals surface area (Å²) in [7, 11) is 1.98. The maximum atomic E-state index is 12.2. The number of rotatable bonds is 5. The van der Waals surface area contributed by atoms with E-state index >= 15 is 0 Å². The molecule has 18 heavy (non-hydrogen) atoms. The lowest BCUT2D eigenvalue weighted by Crippen LogP contribution is -2.49. The minimum absolute atomic E-state index is 0.0340. The molecule has 0 spiro atoms. The standard InChI is InChI=1S/C14H24N2O2/c1-10(17)12(9-11-5-3-6-11)15-14(18)13-7-4-8-16(13)2/h11-13H,3-9H2,1-2H3,(H,15,18)/t12?,13-/m0/s1. The number of amides is 1. The summed E-state index contributed by atoms with van der Waals surface area (Å²) in [5.74, 6) is 0.769. The van der Waals surface area contributed by atoms with E-state index in [2.05, 4.69) is 10.2 Å². The van der Waals surface area contributed by atoms with Crippen LogP contribution in [-0.4, -0.2) is 42.3 Å². The second-order valence-corrected chi connectivity index (χ2v) is 5.84. The fourth-order valence-electron chi connectivity index (χ4n) is 2.90. The molecule has 0 bridgehead atoms. The second kappa shape index (κ2) is 5.83. The molecule has 0 radical (unpaired) electrons. The summed E-state index contributed by atoms with van der Waals surface area (Å²) in [5.41, 5.74) is 0. The highest BCUT2D eigenvalue weighted by atomic mass is 16.2. The number of ketones is 1. The van der Waals surface area contributed by atoms with Crippen molar-refractivity contribution >= 4 is 11.7 Å². The van der Waals surface area contributed by atoms with Gasteiger partial charge in [0.05, 0.1) is 12.1 Å². The highest BCUT2D eigenvalue weighted by Gasteiger charge is 2.31. The quantitative estimate of drug-likeness (QED) is 0.803. The van der Waals surface area contributed by atoms with Crippen molar-refractivity contribution in [1.82, 2.24) is 10.2 Å². The number of nitrogens with one attached hydrogen (secondary N) is 1. The molecule has 0 aromatic heterocycles. The number of likely N-dealkylation sites (tertiary alicyclic amines) is 1. The van der Waals surface area contributed by atoms with Gasteiger partial charge in [-0.25, -0.2) is 0 Å². The maximum absolute atomic E-state index is 12.2. The van der Waals surface area contributed by atoms with Crippen molar-refractivity contribution < 1.29 is 9.59 Å². The van der Waals surface area contributed by atoms with Crippen LogP contribution in [0, 0.1) is 5.92 Å². The van der Waals surface area contributed by atoms with E-state index < -0.39 is 0 Å². The zero-order valence-corrected chi connectivity index (χ0v) is 11.4. The van der Waals surface area contributed by atoms with E-state index in [1.54, 1.807) is 6.92 Å². The summed E-state index contributed by atoms with van der Waals surface area (Å²) in [6, 6.07) is -0.301. The molecule has 2 atom stereocenters. The van der Waals surface area contributed by atoms with Gasteiger partial charge in [0.15, 0.2) is 5.78 Å². The number of hydrogen-bond acceptors (Lipinski definition) is 3. The van der Waals surface area contributed by atoms with Crippen LogP contribution < -0.4 is 5.32 Å². The fourth-order valence-corrected chi connectivity index (χ4v) is 2.90. The van der Waals surface area contributed by atoms with Gasteiger partial charge in [0.25, 0.3) is 0 Å². The van der Waals surface area contributed by atoms with E-state index in [9.17, 15) is 9.59 Å². The van der Waals surface area contributed by atoms with Crippen molar-refractivity contribution in [2.24, 2.45) is 5.92 Å². The molecule has 1 aliphatic carbocycles. The number of hydrogen-bond donors (Lipinski definition) is 1. The highest BCUT2D eigenvalue weighted by molar-refractivity contribution is 5.89. The van der Waals surface area contributed by atoms with Crippen molar-refractivity contribution in [2.45, 2.75) is 57.5 Å². The van der Waals surface area contributed by atoms with E-state index in [0.717, 1.165) is 25.8 Å². The number of carbonyl (C=O) groups is 2. The van der Waals surface area contributed by atoms with E-state index in [1.165, 1.54) is 19.3 Å². The second-order valence-electron chi connectivity index (χ2n) is 5.84. The van der Waals surface area contributed by atoms with Gasteiger partial charge in [-0.05, 0) is 45.7 Å². The Morgan fingerprint density at radius 2 is 2.00 bits per heavy atom. The van der Waals surface area contributed by atoms with Crippen molar-refractivity contribution in [1.29, 1.82) is 0 Å². The number of likely N-dealkylation sites (N-methyl/N-ethyl adjacent to an activating group) is 1. The Morgan fingerprint density at radius 1 is 1.28 bits per heavy atom. The van der Waals surface area contributed by atoms with Gasteiger partial charge in [-0.2, -0.15) is 0 Å². The van der Waals surface area contributed by atoms with Crippen molar-refractivity contribution in [3.8, 4) is 0 Å². The van der Waals surface area contributed by atoms with Crippen LogP contribution in [0.4, 0.5) is 0 Å². The van der Waals surface area contributed by atoms with Crippen molar-refractivity contribution in [3.63, 3.8) is 0 Å². The Balaban J connectivity index is 1.87. The SMILES string of the molecule is CC(=O)C(CC1CCC1)NC(=O)[C@@H]1CCCN1C. The lowest BCUT2D eigenvalue weighted by atomic mass is 9.80. The molecule has 2 fully saturated rings. The van der Waals surface area contributed by atoms with Gasteiger partial charge in [-0.3, -0.25) is 14.5 Å². The highest BCUT2D eigenvalue weighted by Crippen LogP contribution is 2.30. The largest absolute Gasteiger partial charge is 0.345 e. The summed E-state index contributed by atoms with van der Waals surface area (Å²) >= 11 is 0. The van der Waals surface area contributed by atoms with Crippen molar-refractivity contribution in [3.05, 3.63) is 0 Å². The lowest BCUT2D eigenvalue weighted by Gasteiger charge is -2.30. The van der Waals surface area contributed by atoms with Crippen LogP contribution in [0.2, 0.25) is 0 Å². The Hall–Kier alpha value is -0.900. The van der Waals surface area contributed by atoms with Gasteiger partial charge < -0.3 is 5.32 Å². The van der Waals surface area contributed by atoms with Crippen LogP contribution in [0.3, 0.4) is 0 Å². The Kier molecular flexibility index (Phi) is 4.38. The molecule has 1 saturated heterocycles. The van der Waals surface area contributed by atoms with Gasteiger partial charge in [-0.15, -0.1) is 0 Å². The van der Waals surface area contributed by atoms with Gasteiger partial charge >= 0.3 is 0 Å². The predicted molar refractivity (Wildman–Crippen MR) is 70.2 cm³/mol. The van der Waals surface area contributed by atoms with E-state index in [1.807, 2.05) is 7.05 Å². The van der Waals surface area contributed by atoms with Crippen LogP contribution >= 0.6 is 0 Å². The minimum Gasteiger partial charge on any atom is -0.345 e. The van der Waals surface area contributed by atoms with Crippen LogP contribution in [0.15, 0.2) is 0 Å². The summed E-state index contributed by atoms with van der Waals surface area (Å²) < 4.78 is 0. The molecule has 0 aromatic carbocycles. The Labute approximate surface area is 109 Å². The average molecular weight is 252 g/mol. The summed E-state index contributed by atoms with van der Waals surface area (Å²) in [4.78, 5) is 25.9. The summed E-state index contributed by atoms with van der Waals surface area (Å²) in [5, 5.41) is 2.96. The topological polar surface area (TPSA) is 49.4 Å². The molecule has 1 aliphatic heterocycles. The molecule has 1 heterocycles. The summed E-state index contributed by atoms with van der Waals surface area (Å²) in [6.07, 6.45) is 6.51. The Bertz CT molecular complexity index is 326. The molecule has 1 amide bonds. The smallest absolute Gasteiger partial charge is 0.237 e. The molecule has 4 nitrogen and oxygen atoms in total. The monoisotopic (exact) mass is 252 g/mol. The van der Waals surface area contributed by atoms with Gasteiger partial charge in [-0.1, -0.05) is 19.3 Å². The molecule has 4 heteroatoms. The third-order valence-electron chi connectivity index (χ3n) is 4.42. The first-order valence-corrected chi connectivity index (χ1v) is 7.09. The molecule has 102 valence electrons. The van der Waals surface area contributed by atoms with Crippen LogP contribution in [-0.2, 0) is 9.59 Å². The molecule has 2 aliphatic rings. The zero-order valence-electron chi connectivity index (χ0n) is 11.4. The first-order valence-electron chi connectivity index (χ1n) is 7.09. The third-order valence-corrected chi connectivity index (χ3v) is 4.42. The van der Waals surface area contributed by atoms with Gasteiger partial charge in [0.2, 0.25) is 5.91 Å². The number of carbonyl (C=O) groups excluding carboxylic acids is 2. The van der Waals surface area contributed by atoms with E-state index in [-0.39, 0.29) is 23.8 Å². The average Bonchev–Trinajstić information content (AvgIpc) is 2.67. The molecular weight excluding hydrogens is 228 g/mol. The first-order chi connectivity index (χ1) is 8.58. The van der Waals surface area contributed by atoms with E-state index in [0.29, 0.717) is 5.92 Å². The minimum atomic E-state index is -0.267. The first kappa shape index (κ1) is 13.5. The van der Waals surface area contributed by atoms with Gasteiger partial charge in [0.1, 0.15) is 0 Å². The molecule has 1 N–H and O–H groups in total. The zero-order chi connectivity index (χ0) is 13.1. The van der Waals surface area contributed by atoms with Crippen LogP contribution in [0.25, 0.3) is 0 Å². The number of nitrogens with zero attached hydrogens (tertiary/aromatic N) is 1. The molecule has 0 aromatic rings. The van der Waals surface area contributed by atoms with Gasteiger partial charge in [0, 0.05) is 0 Å². The maximum Gasteiger partial charge on any atom is 0.237 e.